The van der Waals surface area contributed by atoms with Gasteiger partial charge in [0.1, 0.15) is 4.47 Å². The largest absolute Gasteiger partial charge is 0.394 e. The lowest BCUT2D eigenvalue weighted by molar-refractivity contribution is 0.226. The Morgan fingerprint density at radius 1 is 1.60 bits per heavy atom. The molecule has 0 radical (unpaired) electrons. The van der Waals surface area contributed by atoms with E-state index in [0.717, 1.165) is 38.2 Å². The average molecular weight is 345 g/mol. The lowest BCUT2D eigenvalue weighted by Gasteiger charge is -2.32. The van der Waals surface area contributed by atoms with Crippen molar-refractivity contribution in [3.63, 3.8) is 0 Å². The topological polar surface area (TPSA) is 70.4 Å². The number of rotatable bonds is 5. The predicted octanol–water partition coefficient (Wildman–Crippen LogP) is 0.894. The van der Waals surface area contributed by atoms with Crippen LogP contribution in [-0.4, -0.2) is 52.1 Å². The Morgan fingerprint density at radius 3 is 3.10 bits per heavy atom. The number of aromatic nitrogens is 2. The molecule has 112 valence electrons. The number of halogens is 1. The Bertz CT molecular complexity index is 506. The van der Waals surface area contributed by atoms with Crippen LogP contribution in [0, 0.1) is 0 Å². The zero-order chi connectivity index (χ0) is 14.5. The highest BCUT2D eigenvalue weighted by atomic mass is 79.9. The number of nitrogens with one attached hydrogen (secondary N) is 1. The molecule has 0 aliphatic carbocycles. The summed E-state index contributed by atoms with van der Waals surface area (Å²) in [6, 6.07) is 0.342. The maximum Gasteiger partial charge on any atom is 0.283 e. The van der Waals surface area contributed by atoms with Crippen LogP contribution in [0.4, 0.5) is 5.69 Å². The molecule has 0 saturated carbocycles. The second-order valence-electron chi connectivity index (χ2n) is 5.00. The first kappa shape index (κ1) is 15.5. The summed E-state index contributed by atoms with van der Waals surface area (Å²) < 4.78 is 1.74. The van der Waals surface area contributed by atoms with Crippen LogP contribution in [0.2, 0.25) is 0 Å². The number of likely N-dealkylation sites (N-methyl/N-ethyl adjacent to an activating group) is 1. The van der Waals surface area contributed by atoms with E-state index in [9.17, 15) is 4.79 Å². The number of likely N-dealkylation sites (tertiary alicyclic amines) is 1. The third kappa shape index (κ3) is 3.59. The van der Waals surface area contributed by atoms with E-state index < -0.39 is 0 Å². The van der Waals surface area contributed by atoms with Gasteiger partial charge in [-0.1, -0.05) is 6.92 Å². The average Bonchev–Trinajstić information content (AvgIpc) is 2.47. The standard InChI is InChI=1S/C13H21BrN4O2/c1-2-17-5-3-4-10(9-17)16-11-8-15-18(6-7-19)13(20)12(11)14/h8,10,16,19H,2-7,9H2,1H3. The van der Waals surface area contributed by atoms with E-state index in [1.807, 2.05) is 0 Å². The van der Waals surface area contributed by atoms with Crippen LogP contribution in [0.1, 0.15) is 19.8 Å². The SMILES string of the molecule is CCN1CCCC(Nc2cnn(CCO)c(=O)c2Br)C1. The number of piperidine rings is 1. The molecule has 0 amide bonds. The van der Waals surface area contributed by atoms with Gasteiger partial charge in [0.15, 0.2) is 0 Å². The van der Waals surface area contributed by atoms with Gasteiger partial charge in [0, 0.05) is 12.6 Å². The Kier molecular flexibility index (Phi) is 5.56. The summed E-state index contributed by atoms with van der Waals surface area (Å²) in [5.74, 6) is 0. The normalized spacial score (nSPS) is 20.1. The fourth-order valence-corrected chi connectivity index (χ4v) is 2.92. The van der Waals surface area contributed by atoms with Gasteiger partial charge >= 0.3 is 0 Å². The Labute approximate surface area is 126 Å². The summed E-state index contributed by atoms with van der Waals surface area (Å²) in [6.07, 6.45) is 3.91. The van der Waals surface area contributed by atoms with Crippen LogP contribution in [0.25, 0.3) is 0 Å². The van der Waals surface area contributed by atoms with Crippen LogP contribution in [0.15, 0.2) is 15.5 Å². The molecule has 1 aliphatic rings. The summed E-state index contributed by atoms with van der Waals surface area (Å²) in [4.78, 5) is 14.4. The summed E-state index contributed by atoms with van der Waals surface area (Å²) in [7, 11) is 0. The minimum Gasteiger partial charge on any atom is -0.394 e. The third-order valence-corrected chi connectivity index (χ3v) is 4.38. The van der Waals surface area contributed by atoms with E-state index in [1.165, 1.54) is 4.68 Å². The molecule has 1 aromatic heterocycles. The highest BCUT2D eigenvalue weighted by Gasteiger charge is 2.20. The van der Waals surface area contributed by atoms with Gasteiger partial charge in [-0.15, -0.1) is 0 Å². The number of aliphatic hydroxyl groups excluding tert-OH is 1. The van der Waals surface area contributed by atoms with Crippen molar-refractivity contribution in [3.05, 3.63) is 21.0 Å². The van der Waals surface area contributed by atoms with Gasteiger partial charge in [0.25, 0.3) is 5.56 Å². The minimum absolute atomic E-state index is 0.0970. The van der Waals surface area contributed by atoms with E-state index >= 15 is 0 Å². The lowest BCUT2D eigenvalue weighted by atomic mass is 10.1. The number of hydrogen-bond acceptors (Lipinski definition) is 5. The predicted molar refractivity (Wildman–Crippen MR) is 82.0 cm³/mol. The molecule has 2 rings (SSSR count). The Hall–Kier alpha value is -0.920. The van der Waals surface area contributed by atoms with E-state index in [2.05, 4.69) is 38.2 Å². The molecule has 1 aliphatic heterocycles. The van der Waals surface area contributed by atoms with E-state index in [4.69, 9.17) is 5.11 Å². The van der Waals surface area contributed by atoms with Crippen LogP contribution in [0.5, 0.6) is 0 Å². The molecule has 1 atom stereocenters. The van der Waals surface area contributed by atoms with Crippen molar-refractivity contribution < 1.29 is 5.11 Å². The molecule has 1 saturated heterocycles. The monoisotopic (exact) mass is 344 g/mol. The second kappa shape index (κ2) is 7.19. The third-order valence-electron chi connectivity index (χ3n) is 3.61. The molecule has 2 heterocycles. The maximum atomic E-state index is 12.0. The fourth-order valence-electron chi connectivity index (χ4n) is 2.50. The summed E-state index contributed by atoms with van der Waals surface area (Å²) in [5, 5.41) is 16.4. The van der Waals surface area contributed by atoms with Gasteiger partial charge in [0.2, 0.25) is 0 Å². The van der Waals surface area contributed by atoms with Crippen molar-refractivity contribution in [1.82, 2.24) is 14.7 Å². The van der Waals surface area contributed by atoms with E-state index in [0.29, 0.717) is 10.5 Å². The smallest absolute Gasteiger partial charge is 0.283 e. The van der Waals surface area contributed by atoms with E-state index in [-0.39, 0.29) is 18.7 Å². The van der Waals surface area contributed by atoms with Gasteiger partial charge in [-0.25, -0.2) is 4.68 Å². The van der Waals surface area contributed by atoms with Crippen LogP contribution >= 0.6 is 15.9 Å². The van der Waals surface area contributed by atoms with Gasteiger partial charge < -0.3 is 15.3 Å². The maximum absolute atomic E-state index is 12.0. The van der Waals surface area contributed by atoms with Crippen molar-refractivity contribution in [2.24, 2.45) is 0 Å². The molecule has 0 spiro atoms. The molecule has 1 fully saturated rings. The highest BCUT2D eigenvalue weighted by Crippen LogP contribution is 2.20. The van der Waals surface area contributed by atoms with Crippen molar-refractivity contribution in [3.8, 4) is 0 Å². The zero-order valence-corrected chi connectivity index (χ0v) is 13.3. The molecule has 0 aromatic carbocycles. The number of hydrogen-bond donors (Lipinski definition) is 2. The first-order chi connectivity index (χ1) is 9.65. The molecule has 1 aromatic rings. The molecule has 0 bridgehead atoms. The van der Waals surface area contributed by atoms with Gasteiger partial charge in [-0.3, -0.25) is 4.79 Å². The van der Waals surface area contributed by atoms with Crippen LogP contribution < -0.4 is 10.9 Å². The second-order valence-corrected chi connectivity index (χ2v) is 5.79. The van der Waals surface area contributed by atoms with Crippen molar-refractivity contribution in [2.45, 2.75) is 32.4 Å². The molecular weight excluding hydrogens is 324 g/mol. The molecule has 7 heteroatoms. The Balaban J connectivity index is 2.10. The molecular formula is C13H21BrN4O2. The van der Waals surface area contributed by atoms with E-state index in [1.54, 1.807) is 6.20 Å². The lowest BCUT2D eigenvalue weighted by Crippen LogP contribution is -2.42. The minimum atomic E-state index is -0.216. The highest BCUT2D eigenvalue weighted by molar-refractivity contribution is 9.10. The van der Waals surface area contributed by atoms with Crippen molar-refractivity contribution in [1.29, 1.82) is 0 Å². The first-order valence-electron chi connectivity index (χ1n) is 7.01. The summed E-state index contributed by atoms with van der Waals surface area (Å²) >= 11 is 3.33. The number of anilines is 1. The van der Waals surface area contributed by atoms with Gasteiger partial charge in [0.05, 0.1) is 25.0 Å². The van der Waals surface area contributed by atoms with Gasteiger partial charge in [-0.2, -0.15) is 5.10 Å². The Morgan fingerprint density at radius 2 is 2.40 bits per heavy atom. The van der Waals surface area contributed by atoms with Crippen LogP contribution in [0.3, 0.4) is 0 Å². The number of aliphatic hydroxyl groups is 1. The van der Waals surface area contributed by atoms with Crippen LogP contribution in [-0.2, 0) is 6.54 Å². The van der Waals surface area contributed by atoms with Crippen molar-refractivity contribution in [2.75, 3.05) is 31.6 Å². The van der Waals surface area contributed by atoms with Crippen molar-refractivity contribution >= 4 is 21.6 Å². The quantitative estimate of drug-likeness (QED) is 0.830. The number of nitrogens with zero attached hydrogens (tertiary/aromatic N) is 3. The fraction of sp³-hybridized carbons (Fsp3) is 0.692. The summed E-state index contributed by atoms with van der Waals surface area (Å²) in [6.45, 7) is 5.46. The molecule has 20 heavy (non-hydrogen) atoms. The first-order valence-corrected chi connectivity index (χ1v) is 7.80. The zero-order valence-electron chi connectivity index (χ0n) is 11.7. The van der Waals surface area contributed by atoms with Gasteiger partial charge in [-0.05, 0) is 41.9 Å². The molecule has 1 unspecified atom stereocenters. The molecule has 2 N–H and O–H groups in total. The molecule has 6 nitrogen and oxygen atoms in total. The summed E-state index contributed by atoms with van der Waals surface area (Å²) in [5.41, 5.74) is 0.513.